The Morgan fingerprint density at radius 3 is 2.56 bits per heavy atom. The molecule has 1 saturated heterocycles. The Balaban J connectivity index is 1.81. The van der Waals surface area contributed by atoms with Crippen molar-refractivity contribution in [1.82, 2.24) is 15.1 Å². The molecule has 1 aliphatic rings. The maximum absolute atomic E-state index is 12.2. The second kappa shape index (κ2) is 8.22. The van der Waals surface area contributed by atoms with Gasteiger partial charge in [0.2, 0.25) is 5.13 Å². The van der Waals surface area contributed by atoms with E-state index in [9.17, 15) is 9.90 Å². The Labute approximate surface area is 163 Å². The summed E-state index contributed by atoms with van der Waals surface area (Å²) in [4.78, 5) is 15.0. The molecular weight excluding hydrogens is 364 g/mol. The monoisotopic (exact) mass is 390 g/mol. The van der Waals surface area contributed by atoms with Gasteiger partial charge in [-0.15, -0.1) is 10.2 Å². The molecule has 1 aliphatic heterocycles. The van der Waals surface area contributed by atoms with Gasteiger partial charge in [-0.3, -0.25) is 0 Å². The largest absolute Gasteiger partial charge is 0.483 e. The van der Waals surface area contributed by atoms with E-state index in [0.29, 0.717) is 16.1 Å². The molecule has 0 aliphatic carbocycles. The summed E-state index contributed by atoms with van der Waals surface area (Å²) in [5.41, 5.74) is 1.26. The van der Waals surface area contributed by atoms with Crippen LogP contribution in [0.4, 0.5) is 9.93 Å². The van der Waals surface area contributed by atoms with Crippen LogP contribution in [0.2, 0.25) is 0 Å². The summed E-state index contributed by atoms with van der Waals surface area (Å²) in [7, 11) is 1.65. The normalized spacial score (nSPS) is 18.4. The summed E-state index contributed by atoms with van der Waals surface area (Å²) < 4.78 is 6.19. The van der Waals surface area contributed by atoms with E-state index < -0.39 is 6.23 Å². The van der Waals surface area contributed by atoms with Crippen molar-refractivity contribution in [3.63, 3.8) is 0 Å². The number of aliphatic hydroxyl groups is 1. The number of amides is 2. The van der Waals surface area contributed by atoms with E-state index in [2.05, 4.69) is 43.1 Å². The molecule has 27 heavy (non-hydrogen) atoms. The number of hydrogen-bond donors (Lipinski definition) is 1. The van der Waals surface area contributed by atoms with Gasteiger partial charge in [-0.25, -0.2) is 9.69 Å². The highest BCUT2D eigenvalue weighted by molar-refractivity contribution is 7.15. The van der Waals surface area contributed by atoms with Gasteiger partial charge in [0.05, 0.1) is 6.54 Å². The van der Waals surface area contributed by atoms with Gasteiger partial charge in [0.15, 0.2) is 17.3 Å². The Morgan fingerprint density at radius 2 is 2.00 bits per heavy atom. The molecule has 2 heterocycles. The summed E-state index contributed by atoms with van der Waals surface area (Å²) in [5, 5.41) is 19.6. The molecule has 1 aromatic carbocycles. The Morgan fingerprint density at radius 1 is 1.30 bits per heavy atom. The van der Waals surface area contributed by atoms with Gasteiger partial charge in [0.1, 0.15) is 5.75 Å². The number of urea groups is 1. The Kier molecular flexibility index (Phi) is 5.96. The third-order valence-corrected chi connectivity index (χ3v) is 5.49. The lowest BCUT2D eigenvalue weighted by Crippen LogP contribution is -2.34. The van der Waals surface area contributed by atoms with Crippen LogP contribution in [0.3, 0.4) is 0 Å². The number of likely N-dealkylation sites (N-methyl/N-ethyl adjacent to an activating group) is 1. The van der Waals surface area contributed by atoms with Gasteiger partial charge >= 0.3 is 6.03 Å². The molecule has 2 aromatic rings. The lowest BCUT2D eigenvalue weighted by atomic mass is 10.1. The minimum Gasteiger partial charge on any atom is -0.483 e. The molecular formula is C19H26N4O3S. The average Bonchev–Trinajstić information content (AvgIpc) is 3.19. The summed E-state index contributed by atoms with van der Waals surface area (Å²) in [6.45, 7) is 6.62. The molecule has 0 bridgehead atoms. The fourth-order valence-corrected chi connectivity index (χ4v) is 3.90. The smallest absolute Gasteiger partial charge is 0.328 e. The number of β-amino-alcohol motifs (C(OH)–C–C–N with tert-alkyl or cyclic N) is 1. The second-order valence-electron chi connectivity index (χ2n) is 7.17. The zero-order chi connectivity index (χ0) is 19.6. The highest BCUT2D eigenvalue weighted by atomic mass is 32.1. The van der Waals surface area contributed by atoms with Gasteiger partial charge in [-0.1, -0.05) is 44.2 Å². The van der Waals surface area contributed by atoms with Crippen molar-refractivity contribution in [3.05, 3.63) is 34.8 Å². The number of ether oxygens (including phenoxy) is 1. The van der Waals surface area contributed by atoms with Crippen LogP contribution in [0.1, 0.15) is 43.9 Å². The first-order chi connectivity index (χ1) is 12.9. The third-order valence-electron chi connectivity index (χ3n) is 4.47. The van der Waals surface area contributed by atoms with Crippen molar-refractivity contribution in [2.45, 2.75) is 45.9 Å². The van der Waals surface area contributed by atoms with E-state index in [0.717, 1.165) is 18.6 Å². The number of benzene rings is 1. The van der Waals surface area contributed by atoms with Crippen LogP contribution < -0.4 is 9.64 Å². The molecule has 0 spiro atoms. The number of rotatable bonds is 7. The standard InChI is InChI=1S/C19H26N4O3S/c1-5-13-6-8-14(9-7-13)26-15(10-12(2)3)17-20-21-18(27-17)23-16(24)11-22(4)19(23)25/h6-9,12,15-16,24H,5,10-11H2,1-4H3. The third kappa shape index (κ3) is 4.39. The molecule has 2 amide bonds. The Bertz CT molecular complexity index is 778. The molecule has 7 nitrogen and oxygen atoms in total. The van der Waals surface area contributed by atoms with Crippen LogP contribution in [0.15, 0.2) is 24.3 Å². The maximum Gasteiger partial charge on any atom is 0.328 e. The number of hydrogen-bond acceptors (Lipinski definition) is 6. The van der Waals surface area contributed by atoms with Crippen LogP contribution in [0, 0.1) is 5.92 Å². The van der Waals surface area contributed by atoms with Crippen LogP contribution in [0.25, 0.3) is 0 Å². The molecule has 1 N–H and O–H groups in total. The molecule has 0 saturated carbocycles. The van der Waals surface area contributed by atoms with E-state index >= 15 is 0 Å². The summed E-state index contributed by atoms with van der Waals surface area (Å²) in [6.07, 6.45) is 0.599. The van der Waals surface area contributed by atoms with Crippen molar-refractivity contribution in [2.75, 3.05) is 18.5 Å². The zero-order valence-electron chi connectivity index (χ0n) is 16.1. The quantitative estimate of drug-likeness (QED) is 0.783. The topological polar surface area (TPSA) is 78.8 Å². The van der Waals surface area contributed by atoms with Crippen LogP contribution in [-0.2, 0) is 6.42 Å². The molecule has 2 unspecified atom stereocenters. The first-order valence-corrected chi connectivity index (χ1v) is 10.0. The fourth-order valence-electron chi connectivity index (χ4n) is 2.97. The summed E-state index contributed by atoms with van der Waals surface area (Å²) in [5.74, 6) is 1.19. The number of aryl methyl sites for hydroxylation is 1. The number of carbonyl (C=O) groups excluding carboxylic acids is 1. The highest BCUT2D eigenvalue weighted by Gasteiger charge is 2.37. The van der Waals surface area contributed by atoms with E-state index in [1.54, 1.807) is 7.05 Å². The maximum atomic E-state index is 12.2. The van der Waals surface area contributed by atoms with Crippen molar-refractivity contribution in [2.24, 2.45) is 5.92 Å². The summed E-state index contributed by atoms with van der Waals surface area (Å²) >= 11 is 1.29. The number of nitrogens with zero attached hydrogens (tertiary/aromatic N) is 4. The number of anilines is 1. The van der Waals surface area contributed by atoms with Crippen LogP contribution >= 0.6 is 11.3 Å². The van der Waals surface area contributed by atoms with E-state index in [1.807, 2.05) is 12.1 Å². The summed E-state index contributed by atoms with van der Waals surface area (Å²) in [6, 6.07) is 7.78. The van der Waals surface area contributed by atoms with Gasteiger partial charge in [-0.2, -0.15) is 0 Å². The number of carbonyl (C=O) groups is 1. The van der Waals surface area contributed by atoms with Crippen molar-refractivity contribution < 1.29 is 14.6 Å². The molecule has 1 aromatic heterocycles. The zero-order valence-corrected chi connectivity index (χ0v) is 16.9. The molecule has 3 rings (SSSR count). The molecule has 0 radical (unpaired) electrons. The minimum atomic E-state index is -0.908. The van der Waals surface area contributed by atoms with Gasteiger partial charge < -0.3 is 14.7 Å². The first kappa shape index (κ1) is 19.6. The van der Waals surface area contributed by atoms with Crippen molar-refractivity contribution >= 4 is 22.5 Å². The van der Waals surface area contributed by atoms with Crippen molar-refractivity contribution in [1.29, 1.82) is 0 Å². The van der Waals surface area contributed by atoms with Gasteiger partial charge in [-0.05, 0) is 36.5 Å². The van der Waals surface area contributed by atoms with Crippen molar-refractivity contribution in [3.8, 4) is 5.75 Å². The molecule has 1 fully saturated rings. The highest BCUT2D eigenvalue weighted by Crippen LogP contribution is 2.34. The SMILES string of the molecule is CCc1ccc(OC(CC(C)C)c2nnc(N3C(=O)N(C)CC3O)s2)cc1. The lowest BCUT2D eigenvalue weighted by Gasteiger charge is -2.19. The minimum absolute atomic E-state index is 0.253. The Hall–Kier alpha value is -2.19. The number of aromatic nitrogens is 2. The number of aliphatic hydroxyl groups excluding tert-OH is 1. The predicted molar refractivity (Wildman–Crippen MR) is 105 cm³/mol. The van der Waals surface area contributed by atoms with E-state index in [1.165, 1.54) is 26.7 Å². The average molecular weight is 391 g/mol. The van der Waals surface area contributed by atoms with Crippen LogP contribution in [-0.4, -0.2) is 46.1 Å². The lowest BCUT2D eigenvalue weighted by molar-refractivity contribution is 0.176. The van der Waals surface area contributed by atoms with Gasteiger partial charge in [0.25, 0.3) is 0 Å². The van der Waals surface area contributed by atoms with Crippen LogP contribution in [0.5, 0.6) is 5.75 Å². The molecule has 8 heteroatoms. The molecule has 146 valence electrons. The van der Waals surface area contributed by atoms with E-state index in [-0.39, 0.29) is 18.7 Å². The molecule has 2 atom stereocenters. The second-order valence-corrected chi connectivity index (χ2v) is 8.16. The van der Waals surface area contributed by atoms with Gasteiger partial charge in [0, 0.05) is 7.05 Å². The van der Waals surface area contributed by atoms with E-state index in [4.69, 9.17) is 4.74 Å². The fraction of sp³-hybridized carbons (Fsp3) is 0.526. The predicted octanol–water partition coefficient (Wildman–Crippen LogP) is 3.46. The first-order valence-electron chi connectivity index (χ1n) is 9.20.